The van der Waals surface area contributed by atoms with Crippen LogP contribution < -0.4 is 5.32 Å². The summed E-state index contributed by atoms with van der Waals surface area (Å²) in [6, 6.07) is 9.76. The third kappa shape index (κ3) is 5.20. The molecule has 3 nitrogen and oxygen atoms in total. The van der Waals surface area contributed by atoms with Crippen molar-refractivity contribution >= 4 is 40.4 Å². The van der Waals surface area contributed by atoms with E-state index in [1.165, 1.54) is 4.88 Å². The fraction of sp³-hybridized carbons (Fsp3) is 0.421. The smallest absolute Gasteiger partial charge is 0.223 e. The minimum Gasteiger partial charge on any atom is -0.355 e. The van der Waals surface area contributed by atoms with Crippen molar-refractivity contribution in [3.05, 3.63) is 56.2 Å². The van der Waals surface area contributed by atoms with Crippen molar-refractivity contribution in [3.63, 3.8) is 0 Å². The lowest BCUT2D eigenvalue weighted by atomic mass is 9.95. The molecule has 1 aliphatic heterocycles. The summed E-state index contributed by atoms with van der Waals surface area (Å²) in [6.45, 7) is 3.25. The molecule has 0 unspecified atom stereocenters. The lowest BCUT2D eigenvalue weighted by Gasteiger charge is -2.31. The van der Waals surface area contributed by atoms with Gasteiger partial charge in [0, 0.05) is 39.5 Å². The predicted octanol–water partition coefficient (Wildman–Crippen LogP) is 4.63. The SMILES string of the molecule is O=C(NCCc1cccs1)C1CCN(Cc2c(Cl)cccc2Cl)CC1. The van der Waals surface area contributed by atoms with Crippen LogP contribution in [0.5, 0.6) is 0 Å². The van der Waals surface area contributed by atoms with Crippen LogP contribution in [0.2, 0.25) is 10.0 Å². The highest BCUT2D eigenvalue weighted by Gasteiger charge is 2.25. The average Bonchev–Trinajstić information content (AvgIpc) is 3.12. The van der Waals surface area contributed by atoms with Gasteiger partial charge in [-0.2, -0.15) is 0 Å². The summed E-state index contributed by atoms with van der Waals surface area (Å²) in [4.78, 5) is 16.0. The Morgan fingerprint density at radius 2 is 1.88 bits per heavy atom. The van der Waals surface area contributed by atoms with Crippen molar-refractivity contribution in [2.45, 2.75) is 25.8 Å². The van der Waals surface area contributed by atoms with Crippen LogP contribution in [0.3, 0.4) is 0 Å². The Kier molecular flexibility index (Phi) is 6.77. The molecule has 25 heavy (non-hydrogen) atoms. The van der Waals surface area contributed by atoms with Crippen molar-refractivity contribution in [1.82, 2.24) is 10.2 Å². The van der Waals surface area contributed by atoms with Gasteiger partial charge in [0.25, 0.3) is 0 Å². The summed E-state index contributed by atoms with van der Waals surface area (Å²) < 4.78 is 0. The highest BCUT2D eigenvalue weighted by Crippen LogP contribution is 2.27. The van der Waals surface area contributed by atoms with E-state index in [9.17, 15) is 4.79 Å². The van der Waals surface area contributed by atoms with Crippen LogP contribution in [0.15, 0.2) is 35.7 Å². The molecule has 2 aromatic rings. The second-order valence-corrected chi connectivity index (χ2v) is 8.22. The number of benzene rings is 1. The van der Waals surface area contributed by atoms with Gasteiger partial charge in [0.05, 0.1) is 0 Å². The van der Waals surface area contributed by atoms with Crippen molar-refractivity contribution in [2.75, 3.05) is 19.6 Å². The fourth-order valence-corrected chi connectivity index (χ4v) is 4.39. The first-order chi connectivity index (χ1) is 12.1. The van der Waals surface area contributed by atoms with Gasteiger partial charge in [0.15, 0.2) is 0 Å². The average molecular weight is 397 g/mol. The molecule has 0 atom stereocenters. The van der Waals surface area contributed by atoms with Gasteiger partial charge < -0.3 is 5.32 Å². The summed E-state index contributed by atoms with van der Waals surface area (Å²) in [7, 11) is 0. The molecule has 1 aromatic carbocycles. The minimum atomic E-state index is 0.112. The quantitative estimate of drug-likeness (QED) is 0.771. The molecule has 1 N–H and O–H groups in total. The molecule has 0 bridgehead atoms. The molecule has 0 saturated carbocycles. The third-order valence-corrected chi connectivity index (χ3v) is 6.30. The molecule has 134 valence electrons. The first-order valence-corrected chi connectivity index (χ1v) is 10.2. The zero-order valence-electron chi connectivity index (χ0n) is 14.0. The second kappa shape index (κ2) is 9.04. The van der Waals surface area contributed by atoms with Gasteiger partial charge in [-0.3, -0.25) is 9.69 Å². The van der Waals surface area contributed by atoms with Crippen LogP contribution >= 0.6 is 34.5 Å². The third-order valence-electron chi connectivity index (χ3n) is 4.65. The molecule has 3 rings (SSSR count). The minimum absolute atomic E-state index is 0.112. The number of carbonyl (C=O) groups is 1. The van der Waals surface area contributed by atoms with Gasteiger partial charge >= 0.3 is 0 Å². The van der Waals surface area contributed by atoms with Crippen LogP contribution in [0, 0.1) is 5.92 Å². The molecule has 2 heterocycles. The predicted molar refractivity (Wildman–Crippen MR) is 105 cm³/mol. The number of nitrogens with zero attached hydrogens (tertiary/aromatic N) is 1. The number of carbonyl (C=O) groups excluding carboxylic acids is 1. The molecular formula is C19H22Cl2N2OS. The summed E-state index contributed by atoms with van der Waals surface area (Å²) in [6.07, 6.45) is 2.67. The Labute approximate surface area is 162 Å². The van der Waals surface area contributed by atoms with E-state index in [0.717, 1.165) is 51.0 Å². The number of halogens is 2. The topological polar surface area (TPSA) is 32.3 Å². The number of thiophene rings is 1. The summed E-state index contributed by atoms with van der Waals surface area (Å²) in [5.74, 6) is 0.299. The molecule has 1 aromatic heterocycles. The highest BCUT2D eigenvalue weighted by atomic mass is 35.5. The Morgan fingerprint density at radius 1 is 1.16 bits per heavy atom. The van der Waals surface area contributed by atoms with Crippen molar-refractivity contribution in [1.29, 1.82) is 0 Å². The second-order valence-electron chi connectivity index (χ2n) is 6.37. The van der Waals surface area contributed by atoms with Crippen molar-refractivity contribution < 1.29 is 4.79 Å². The number of amides is 1. The van der Waals surface area contributed by atoms with Gasteiger partial charge in [-0.1, -0.05) is 35.3 Å². The van der Waals surface area contributed by atoms with E-state index in [0.29, 0.717) is 10.0 Å². The number of hydrogen-bond acceptors (Lipinski definition) is 3. The normalized spacial score (nSPS) is 16.1. The molecule has 6 heteroatoms. The maximum atomic E-state index is 12.3. The zero-order chi connectivity index (χ0) is 17.6. The first-order valence-electron chi connectivity index (χ1n) is 8.59. The zero-order valence-corrected chi connectivity index (χ0v) is 16.3. The number of piperidine rings is 1. The monoisotopic (exact) mass is 396 g/mol. The maximum absolute atomic E-state index is 12.3. The van der Waals surface area contributed by atoms with Gasteiger partial charge in [-0.15, -0.1) is 11.3 Å². The van der Waals surface area contributed by atoms with Crippen molar-refractivity contribution in [2.24, 2.45) is 5.92 Å². The van der Waals surface area contributed by atoms with E-state index in [4.69, 9.17) is 23.2 Å². The Morgan fingerprint density at radius 3 is 2.52 bits per heavy atom. The van der Waals surface area contributed by atoms with Gasteiger partial charge in [-0.25, -0.2) is 0 Å². The molecular weight excluding hydrogens is 375 g/mol. The standard InChI is InChI=1S/C19H22Cl2N2OS/c20-17-4-1-5-18(21)16(17)13-23-10-7-14(8-11-23)19(24)22-9-6-15-3-2-12-25-15/h1-5,12,14H,6-11,13H2,(H,22,24). The largest absolute Gasteiger partial charge is 0.355 e. The maximum Gasteiger partial charge on any atom is 0.223 e. The highest BCUT2D eigenvalue weighted by molar-refractivity contribution is 7.09. The molecule has 1 saturated heterocycles. The van der Waals surface area contributed by atoms with Crippen molar-refractivity contribution in [3.8, 4) is 0 Å². The van der Waals surface area contributed by atoms with Gasteiger partial charge in [0.2, 0.25) is 5.91 Å². The number of hydrogen-bond donors (Lipinski definition) is 1. The lowest BCUT2D eigenvalue weighted by molar-refractivity contribution is -0.126. The summed E-state index contributed by atoms with van der Waals surface area (Å²) >= 11 is 14.2. The molecule has 0 radical (unpaired) electrons. The first kappa shape index (κ1) is 18.7. The summed E-state index contributed by atoms with van der Waals surface area (Å²) in [5, 5.41) is 6.57. The van der Waals surface area contributed by atoms with Gasteiger partial charge in [-0.05, 0) is 55.9 Å². The van der Waals surface area contributed by atoms with E-state index in [-0.39, 0.29) is 11.8 Å². The van der Waals surface area contributed by atoms with Crippen LogP contribution in [0.1, 0.15) is 23.3 Å². The van der Waals surface area contributed by atoms with E-state index in [1.807, 2.05) is 24.3 Å². The van der Waals surface area contributed by atoms with E-state index in [1.54, 1.807) is 11.3 Å². The molecule has 1 fully saturated rings. The van der Waals surface area contributed by atoms with Crippen LogP contribution in [-0.4, -0.2) is 30.4 Å². The van der Waals surface area contributed by atoms with Gasteiger partial charge in [0.1, 0.15) is 0 Å². The van der Waals surface area contributed by atoms with E-state index < -0.39 is 0 Å². The van der Waals surface area contributed by atoms with E-state index >= 15 is 0 Å². The molecule has 0 spiro atoms. The van der Waals surface area contributed by atoms with Crippen LogP contribution in [0.25, 0.3) is 0 Å². The Bertz CT molecular complexity index is 677. The van der Waals surface area contributed by atoms with E-state index in [2.05, 4.69) is 21.7 Å². The lowest BCUT2D eigenvalue weighted by Crippen LogP contribution is -2.40. The molecule has 0 aliphatic carbocycles. The van der Waals surface area contributed by atoms with Crippen LogP contribution in [0.4, 0.5) is 0 Å². The number of likely N-dealkylation sites (tertiary alicyclic amines) is 1. The summed E-state index contributed by atoms with van der Waals surface area (Å²) in [5.41, 5.74) is 0.977. The Hall–Kier alpha value is -1.07. The number of rotatable bonds is 6. The van der Waals surface area contributed by atoms with Crippen LogP contribution in [-0.2, 0) is 17.8 Å². The molecule has 1 amide bonds. The number of nitrogens with one attached hydrogen (secondary N) is 1. The fourth-order valence-electron chi connectivity index (χ4n) is 3.17. The molecule has 1 aliphatic rings. The Balaban J connectivity index is 1.43.